The van der Waals surface area contributed by atoms with Crippen molar-refractivity contribution in [3.63, 3.8) is 0 Å². The van der Waals surface area contributed by atoms with Crippen LogP contribution in [0.2, 0.25) is 0 Å². The SMILES string of the molecule is ISn1cc2c(c1)CNC2. The molecule has 1 aliphatic heterocycles. The van der Waals surface area contributed by atoms with Gasteiger partial charge in [0, 0.05) is 55.8 Å². The second kappa shape index (κ2) is 2.75. The second-order valence-electron chi connectivity index (χ2n) is 2.34. The van der Waals surface area contributed by atoms with E-state index in [0.29, 0.717) is 0 Å². The van der Waals surface area contributed by atoms with E-state index >= 15 is 0 Å². The van der Waals surface area contributed by atoms with Crippen LogP contribution in [0.25, 0.3) is 0 Å². The lowest BCUT2D eigenvalue weighted by Crippen LogP contribution is -2.01. The van der Waals surface area contributed by atoms with Crippen LogP contribution in [0, 0.1) is 0 Å². The van der Waals surface area contributed by atoms with E-state index in [4.69, 9.17) is 0 Å². The Morgan fingerprint density at radius 2 is 2.00 bits per heavy atom. The van der Waals surface area contributed by atoms with E-state index in [1.54, 1.807) is 9.12 Å². The van der Waals surface area contributed by atoms with Crippen LogP contribution in [0.5, 0.6) is 0 Å². The Balaban J connectivity index is 2.37. The van der Waals surface area contributed by atoms with Crippen molar-refractivity contribution in [3.05, 3.63) is 23.5 Å². The molecule has 54 valence electrons. The first-order chi connectivity index (χ1) is 4.90. The lowest BCUT2D eigenvalue weighted by molar-refractivity contribution is 0.758. The van der Waals surface area contributed by atoms with E-state index in [1.165, 1.54) is 11.1 Å². The van der Waals surface area contributed by atoms with Crippen molar-refractivity contribution >= 4 is 30.3 Å². The van der Waals surface area contributed by atoms with Crippen molar-refractivity contribution in [2.24, 2.45) is 0 Å². The molecule has 0 spiro atoms. The summed E-state index contributed by atoms with van der Waals surface area (Å²) in [7, 11) is 1.71. The first-order valence-electron chi connectivity index (χ1n) is 3.09. The first-order valence-corrected chi connectivity index (χ1v) is 6.41. The van der Waals surface area contributed by atoms with Crippen LogP contribution in [0.1, 0.15) is 11.1 Å². The van der Waals surface area contributed by atoms with Gasteiger partial charge in [-0.05, 0) is 11.1 Å². The molecule has 1 aromatic rings. The van der Waals surface area contributed by atoms with Crippen molar-refractivity contribution in [3.8, 4) is 0 Å². The third-order valence-electron chi connectivity index (χ3n) is 1.69. The maximum Gasteiger partial charge on any atom is 0.0290 e. The number of hydrogen-bond acceptors (Lipinski definition) is 2. The molecule has 2 heterocycles. The van der Waals surface area contributed by atoms with Gasteiger partial charge >= 0.3 is 0 Å². The molecule has 2 nitrogen and oxygen atoms in total. The Bertz CT molecular complexity index is 224. The molecular formula is C6H7IN2S. The fraction of sp³-hybridized carbons (Fsp3) is 0.333. The first kappa shape index (κ1) is 7.00. The predicted octanol–water partition coefficient (Wildman–Crippen LogP) is 1.94. The highest BCUT2D eigenvalue weighted by Crippen LogP contribution is 2.22. The Hall–Kier alpha value is 0.320. The van der Waals surface area contributed by atoms with Gasteiger partial charge in [-0.1, -0.05) is 0 Å². The Morgan fingerprint density at radius 3 is 2.50 bits per heavy atom. The number of hydrogen-bond donors (Lipinski definition) is 1. The van der Waals surface area contributed by atoms with Crippen LogP contribution in [0.3, 0.4) is 0 Å². The fourth-order valence-electron chi connectivity index (χ4n) is 1.20. The van der Waals surface area contributed by atoms with E-state index in [0.717, 1.165) is 13.1 Å². The third kappa shape index (κ3) is 1.08. The van der Waals surface area contributed by atoms with E-state index in [9.17, 15) is 0 Å². The standard InChI is InChI=1S/C6H7IN2S/c7-10-9-3-5-1-8-2-6(5)4-9/h3-4,8H,1-2H2. The van der Waals surface area contributed by atoms with Gasteiger partial charge in [-0.25, -0.2) is 0 Å². The van der Waals surface area contributed by atoms with Crippen molar-refractivity contribution < 1.29 is 0 Å². The van der Waals surface area contributed by atoms with Gasteiger partial charge < -0.3 is 5.32 Å². The summed E-state index contributed by atoms with van der Waals surface area (Å²) in [5, 5.41) is 3.29. The average Bonchev–Trinajstić information content (AvgIpc) is 2.42. The minimum atomic E-state index is 1.04. The van der Waals surface area contributed by atoms with Crippen molar-refractivity contribution in [1.82, 2.24) is 9.29 Å². The van der Waals surface area contributed by atoms with Gasteiger partial charge in [0.2, 0.25) is 0 Å². The fourth-order valence-corrected chi connectivity index (χ4v) is 2.22. The molecule has 0 saturated heterocycles. The number of nitrogens with zero attached hydrogens (tertiary/aromatic N) is 1. The van der Waals surface area contributed by atoms with Gasteiger partial charge in [-0.15, -0.1) is 0 Å². The molecule has 0 saturated carbocycles. The molecule has 1 aromatic heterocycles. The Labute approximate surface area is 76.1 Å². The lowest BCUT2D eigenvalue weighted by atomic mass is 10.2. The molecule has 1 aliphatic rings. The van der Waals surface area contributed by atoms with E-state index in [-0.39, 0.29) is 0 Å². The Kier molecular flexibility index (Phi) is 1.92. The van der Waals surface area contributed by atoms with Crippen LogP contribution in [0.15, 0.2) is 12.4 Å². The maximum absolute atomic E-state index is 3.29. The average molecular weight is 266 g/mol. The van der Waals surface area contributed by atoms with Crippen molar-refractivity contribution in [2.75, 3.05) is 0 Å². The molecular weight excluding hydrogens is 259 g/mol. The van der Waals surface area contributed by atoms with Gasteiger partial charge in [0.15, 0.2) is 0 Å². The molecule has 0 radical (unpaired) electrons. The summed E-state index contributed by atoms with van der Waals surface area (Å²) >= 11 is 2.28. The van der Waals surface area contributed by atoms with Gasteiger partial charge in [0.05, 0.1) is 0 Å². The van der Waals surface area contributed by atoms with E-state index in [2.05, 4.69) is 42.9 Å². The molecule has 0 aromatic carbocycles. The number of fused-ring (bicyclic) bond motifs is 1. The minimum absolute atomic E-state index is 1.04. The van der Waals surface area contributed by atoms with Crippen molar-refractivity contribution in [2.45, 2.75) is 13.1 Å². The smallest absolute Gasteiger partial charge is 0.0290 e. The zero-order valence-corrected chi connectivity index (χ0v) is 8.28. The quantitative estimate of drug-likeness (QED) is 0.782. The molecule has 0 atom stereocenters. The van der Waals surface area contributed by atoms with E-state index in [1.807, 2.05) is 0 Å². The summed E-state index contributed by atoms with van der Waals surface area (Å²) in [5.41, 5.74) is 2.90. The monoisotopic (exact) mass is 266 g/mol. The summed E-state index contributed by atoms with van der Waals surface area (Å²) in [6.45, 7) is 2.08. The zero-order chi connectivity index (χ0) is 6.97. The molecule has 0 fully saturated rings. The number of nitrogens with one attached hydrogen (secondary N) is 1. The molecule has 1 N–H and O–H groups in total. The number of aromatic nitrogens is 1. The third-order valence-corrected chi connectivity index (χ3v) is 3.42. The highest BCUT2D eigenvalue weighted by Gasteiger charge is 2.11. The summed E-state index contributed by atoms with van der Waals surface area (Å²) in [4.78, 5) is 0. The van der Waals surface area contributed by atoms with E-state index < -0.39 is 0 Å². The second-order valence-corrected chi connectivity index (χ2v) is 4.08. The topological polar surface area (TPSA) is 17.0 Å². The molecule has 0 aliphatic carbocycles. The summed E-state index contributed by atoms with van der Waals surface area (Å²) in [6.07, 6.45) is 4.37. The van der Waals surface area contributed by atoms with Crippen LogP contribution < -0.4 is 5.32 Å². The maximum atomic E-state index is 3.29. The number of halogens is 1. The number of rotatable bonds is 1. The van der Waals surface area contributed by atoms with Gasteiger partial charge in [0.25, 0.3) is 0 Å². The predicted molar refractivity (Wildman–Crippen MR) is 52.0 cm³/mol. The summed E-state index contributed by atoms with van der Waals surface area (Å²) < 4.78 is 2.14. The summed E-state index contributed by atoms with van der Waals surface area (Å²) in [5.74, 6) is 0. The summed E-state index contributed by atoms with van der Waals surface area (Å²) in [6, 6.07) is 0. The molecule has 4 heteroatoms. The van der Waals surface area contributed by atoms with Crippen LogP contribution in [-0.2, 0) is 13.1 Å². The van der Waals surface area contributed by atoms with Crippen LogP contribution in [0.4, 0.5) is 0 Å². The normalized spacial score (nSPS) is 15.7. The zero-order valence-electron chi connectivity index (χ0n) is 5.30. The Morgan fingerprint density at radius 1 is 1.40 bits per heavy atom. The molecule has 0 amide bonds. The largest absolute Gasteiger partial charge is 0.308 e. The highest BCUT2D eigenvalue weighted by molar-refractivity contribution is 14.2. The van der Waals surface area contributed by atoms with Gasteiger partial charge in [-0.3, -0.25) is 3.97 Å². The van der Waals surface area contributed by atoms with Gasteiger partial charge in [-0.2, -0.15) is 0 Å². The molecule has 0 unspecified atom stereocenters. The lowest BCUT2D eigenvalue weighted by Gasteiger charge is -1.92. The molecule has 10 heavy (non-hydrogen) atoms. The van der Waals surface area contributed by atoms with Crippen LogP contribution >= 0.6 is 30.3 Å². The highest BCUT2D eigenvalue weighted by atomic mass is 127. The van der Waals surface area contributed by atoms with Crippen LogP contribution in [-0.4, -0.2) is 3.97 Å². The molecule has 0 bridgehead atoms. The molecule has 2 rings (SSSR count). The van der Waals surface area contributed by atoms with Crippen molar-refractivity contribution in [1.29, 1.82) is 0 Å². The van der Waals surface area contributed by atoms with Gasteiger partial charge in [0.1, 0.15) is 0 Å². The minimum Gasteiger partial charge on any atom is -0.308 e.